The Balaban J connectivity index is 1.85. The summed E-state index contributed by atoms with van der Waals surface area (Å²) in [7, 11) is -3.63. The number of likely N-dealkylation sites (tertiary alicyclic amines) is 1. The van der Waals surface area contributed by atoms with E-state index in [0.717, 1.165) is 12.8 Å². The molecule has 3 atom stereocenters. The third-order valence-corrected chi connectivity index (χ3v) is 7.27. The van der Waals surface area contributed by atoms with E-state index in [0.29, 0.717) is 13.1 Å². The first-order chi connectivity index (χ1) is 11.4. The maximum Gasteiger partial charge on any atom is 0.307 e. The first kappa shape index (κ1) is 17.0. The fraction of sp³-hybridized carbons (Fsp3) is 0.529. The number of aliphatic carboxylic acids is 1. The van der Waals surface area contributed by atoms with E-state index in [1.165, 1.54) is 12.1 Å². The summed E-state index contributed by atoms with van der Waals surface area (Å²) in [4.78, 5) is 26.1. The number of amides is 1. The van der Waals surface area contributed by atoms with Gasteiger partial charge in [-0.05, 0) is 37.8 Å². The first-order valence-corrected chi connectivity index (χ1v) is 9.76. The van der Waals surface area contributed by atoms with E-state index in [2.05, 4.69) is 0 Å². The highest BCUT2D eigenvalue weighted by molar-refractivity contribution is 7.92. The van der Waals surface area contributed by atoms with Crippen molar-refractivity contribution in [1.82, 2.24) is 4.90 Å². The Hall–Kier alpha value is -1.89. The summed E-state index contributed by atoms with van der Waals surface area (Å²) in [5.74, 6) is -2.96. The summed E-state index contributed by atoms with van der Waals surface area (Å²) in [6.07, 6.45) is 1.92. The molecule has 1 amide bonds. The molecule has 1 saturated heterocycles. The average Bonchev–Trinajstić information content (AvgIpc) is 3.25. The van der Waals surface area contributed by atoms with E-state index in [1.54, 1.807) is 23.1 Å². The van der Waals surface area contributed by atoms with Gasteiger partial charge in [-0.15, -0.1) is 0 Å². The third kappa shape index (κ3) is 3.05. The van der Waals surface area contributed by atoms with E-state index in [-0.39, 0.29) is 23.6 Å². The van der Waals surface area contributed by atoms with Crippen LogP contribution in [0.15, 0.2) is 35.2 Å². The number of nitrogens with zero attached hydrogens (tertiary/aromatic N) is 1. The Morgan fingerprint density at radius 3 is 2.17 bits per heavy atom. The molecule has 0 spiro atoms. The lowest BCUT2D eigenvalue weighted by Crippen LogP contribution is -2.37. The highest BCUT2D eigenvalue weighted by Crippen LogP contribution is 2.39. The molecule has 3 rings (SSSR count). The minimum absolute atomic E-state index is 0.00317. The van der Waals surface area contributed by atoms with Crippen molar-refractivity contribution in [2.45, 2.75) is 35.8 Å². The first-order valence-electron chi connectivity index (χ1n) is 8.22. The zero-order chi connectivity index (χ0) is 17.3. The van der Waals surface area contributed by atoms with Gasteiger partial charge in [0.1, 0.15) is 0 Å². The topological polar surface area (TPSA) is 91.7 Å². The minimum Gasteiger partial charge on any atom is -0.481 e. The van der Waals surface area contributed by atoms with Crippen LogP contribution in [0.4, 0.5) is 0 Å². The zero-order valence-corrected chi connectivity index (χ0v) is 14.1. The molecule has 2 aliphatic rings. The lowest BCUT2D eigenvalue weighted by Gasteiger charge is -2.22. The van der Waals surface area contributed by atoms with Crippen LogP contribution < -0.4 is 0 Å². The molecule has 6 nitrogen and oxygen atoms in total. The highest BCUT2D eigenvalue weighted by Gasteiger charge is 2.48. The Morgan fingerprint density at radius 2 is 1.58 bits per heavy atom. The second-order valence-corrected chi connectivity index (χ2v) is 8.76. The Kier molecular flexibility index (Phi) is 4.62. The lowest BCUT2D eigenvalue weighted by atomic mass is 9.95. The van der Waals surface area contributed by atoms with Crippen molar-refractivity contribution >= 4 is 21.7 Å². The number of carbonyl (C=O) groups is 2. The second kappa shape index (κ2) is 6.55. The number of carboxylic acid groups (broad SMARTS) is 1. The van der Waals surface area contributed by atoms with Gasteiger partial charge in [-0.2, -0.15) is 0 Å². The monoisotopic (exact) mass is 351 g/mol. The molecular weight excluding hydrogens is 330 g/mol. The average molecular weight is 351 g/mol. The number of rotatable bonds is 4. The molecular formula is C17H21NO5S. The van der Waals surface area contributed by atoms with Crippen molar-refractivity contribution in [3.05, 3.63) is 30.3 Å². The van der Waals surface area contributed by atoms with Gasteiger partial charge in [-0.25, -0.2) is 8.42 Å². The summed E-state index contributed by atoms with van der Waals surface area (Å²) < 4.78 is 25.5. The Labute approximate surface area is 141 Å². The van der Waals surface area contributed by atoms with Crippen molar-refractivity contribution < 1.29 is 23.1 Å². The lowest BCUT2D eigenvalue weighted by molar-refractivity contribution is -0.148. The van der Waals surface area contributed by atoms with E-state index >= 15 is 0 Å². The molecule has 2 fully saturated rings. The van der Waals surface area contributed by atoms with Crippen LogP contribution in [-0.4, -0.2) is 48.6 Å². The molecule has 1 heterocycles. The van der Waals surface area contributed by atoms with Crippen LogP contribution in [0.1, 0.15) is 25.7 Å². The zero-order valence-electron chi connectivity index (χ0n) is 13.3. The summed E-state index contributed by atoms with van der Waals surface area (Å²) >= 11 is 0. The number of benzene rings is 1. The predicted octanol–water partition coefficient (Wildman–Crippen LogP) is 1.56. The molecule has 0 bridgehead atoms. The summed E-state index contributed by atoms with van der Waals surface area (Å²) in [5.41, 5.74) is 0. The van der Waals surface area contributed by atoms with Gasteiger partial charge in [0.15, 0.2) is 9.84 Å². The normalized spacial score (nSPS) is 27.3. The fourth-order valence-corrected chi connectivity index (χ4v) is 5.61. The van der Waals surface area contributed by atoms with Crippen molar-refractivity contribution in [2.24, 2.45) is 11.8 Å². The maximum absolute atomic E-state index is 12.8. The van der Waals surface area contributed by atoms with Gasteiger partial charge < -0.3 is 10.0 Å². The van der Waals surface area contributed by atoms with Crippen molar-refractivity contribution in [2.75, 3.05) is 13.1 Å². The Bertz CT molecular complexity index is 725. The van der Waals surface area contributed by atoms with Gasteiger partial charge in [-0.3, -0.25) is 9.59 Å². The molecule has 1 saturated carbocycles. The molecule has 7 heteroatoms. The van der Waals surface area contributed by atoms with Crippen LogP contribution in [-0.2, 0) is 19.4 Å². The van der Waals surface area contributed by atoms with Crippen LogP contribution >= 0.6 is 0 Å². The molecule has 1 aromatic carbocycles. The third-order valence-electron chi connectivity index (χ3n) is 5.08. The molecule has 1 aliphatic carbocycles. The SMILES string of the molecule is O=C(O)[C@@H]1C[C@H](S(=O)(=O)c2ccccc2)C[C@H]1C(=O)N1CCCC1. The second-order valence-electron chi connectivity index (χ2n) is 6.54. The molecule has 0 unspecified atom stereocenters. The summed E-state index contributed by atoms with van der Waals surface area (Å²) in [6.45, 7) is 1.27. The molecule has 24 heavy (non-hydrogen) atoms. The van der Waals surface area contributed by atoms with Gasteiger partial charge in [-0.1, -0.05) is 18.2 Å². The van der Waals surface area contributed by atoms with E-state index < -0.39 is 32.9 Å². The molecule has 0 aromatic heterocycles. The van der Waals surface area contributed by atoms with Crippen LogP contribution in [0, 0.1) is 11.8 Å². The van der Waals surface area contributed by atoms with E-state index in [1.807, 2.05) is 0 Å². The standard InChI is InChI=1S/C17H21NO5S/c19-16(18-8-4-5-9-18)14-10-13(11-15(14)17(20)21)24(22,23)12-6-2-1-3-7-12/h1-3,6-7,13-15H,4-5,8-11H2,(H,20,21)/t13-,14-,15-/m1/s1. The number of sulfone groups is 1. The molecule has 130 valence electrons. The minimum atomic E-state index is -3.63. The van der Waals surface area contributed by atoms with Crippen molar-refractivity contribution in [1.29, 1.82) is 0 Å². The number of hydrogen-bond acceptors (Lipinski definition) is 4. The van der Waals surface area contributed by atoms with Gasteiger partial charge in [0, 0.05) is 13.1 Å². The number of carboxylic acids is 1. The summed E-state index contributed by atoms with van der Waals surface area (Å²) in [5, 5.41) is 8.64. The molecule has 1 aliphatic heterocycles. The smallest absolute Gasteiger partial charge is 0.307 e. The number of hydrogen-bond donors (Lipinski definition) is 1. The van der Waals surface area contributed by atoms with Crippen LogP contribution in [0.3, 0.4) is 0 Å². The predicted molar refractivity (Wildman–Crippen MR) is 87.1 cm³/mol. The van der Waals surface area contributed by atoms with Crippen molar-refractivity contribution in [3.8, 4) is 0 Å². The maximum atomic E-state index is 12.8. The van der Waals surface area contributed by atoms with Crippen LogP contribution in [0.2, 0.25) is 0 Å². The van der Waals surface area contributed by atoms with Gasteiger partial charge in [0.25, 0.3) is 0 Å². The summed E-state index contributed by atoms with van der Waals surface area (Å²) in [6, 6.07) is 8.04. The quantitative estimate of drug-likeness (QED) is 0.889. The van der Waals surface area contributed by atoms with Gasteiger partial charge in [0.05, 0.1) is 22.0 Å². The largest absolute Gasteiger partial charge is 0.481 e. The van der Waals surface area contributed by atoms with Crippen molar-refractivity contribution in [3.63, 3.8) is 0 Å². The van der Waals surface area contributed by atoms with Crippen LogP contribution in [0.5, 0.6) is 0 Å². The van der Waals surface area contributed by atoms with Gasteiger partial charge >= 0.3 is 5.97 Å². The highest BCUT2D eigenvalue weighted by atomic mass is 32.2. The van der Waals surface area contributed by atoms with E-state index in [4.69, 9.17) is 0 Å². The number of carbonyl (C=O) groups excluding carboxylic acids is 1. The molecule has 1 aromatic rings. The Morgan fingerprint density at radius 1 is 1.00 bits per heavy atom. The van der Waals surface area contributed by atoms with E-state index in [9.17, 15) is 23.1 Å². The fourth-order valence-electron chi connectivity index (χ4n) is 3.77. The van der Waals surface area contributed by atoms with Gasteiger partial charge in [0.2, 0.25) is 5.91 Å². The molecule has 1 N–H and O–H groups in total. The van der Waals surface area contributed by atoms with Crippen LogP contribution in [0.25, 0.3) is 0 Å². The molecule has 0 radical (unpaired) electrons.